The van der Waals surface area contributed by atoms with E-state index in [1.807, 2.05) is 18.4 Å². The predicted molar refractivity (Wildman–Crippen MR) is 104 cm³/mol. The lowest BCUT2D eigenvalue weighted by Crippen LogP contribution is -2.13. The molecule has 0 aliphatic carbocycles. The van der Waals surface area contributed by atoms with E-state index in [9.17, 15) is 8.42 Å². The van der Waals surface area contributed by atoms with Gasteiger partial charge in [0.2, 0.25) is 0 Å². The number of anilines is 1. The van der Waals surface area contributed by atoms with E-state index in [0.29, 0.717) is 16.3 Å². The highest BCUT2D eigenvalue weighted by Gasteiger charge is 2.20. The van der Waals surface area contributed by atoms with Crippen LogP contribution in [0.25, 0.3) is 11.3 Å². The molecular weight excluding hydrogens is 399 g/mol. The summed E-state index contributed by atoms with van der Waals surface area (Å²) in [6.45, 7) is 3.65. The van der Waals surface area contributed by atoms with Gasteiger partial charge in [0.15, 0.2) is 0 Å². The van der Waals surface area contributed by atoms with Crippen LogP contribution in [0.1, 0.15) is 10.6 Å². The van der Waals surface area contributed by atoms with Crippen LogP contribution in [0.3, 0.4) is 0 Å². The largest absolute Gasteiger partial charge is 0.280 e. The summed E-state index contributed by atoms with van der Waals surface area (Å²) in [5.41, 5.74) is 2.72. The number of aryl methyl sites for hydroxylation is 2. The first-order valence-corrected chi connectivity index (χ1v) is 10.4. The van der Waals surface area contributed by atoms with Crippen molar-refractivity contribution in [3.05, 3.63) is 62.4 Å². The zero-order valence-electron chi connectivity index (χ0n) is 13.4. The maximum atomic E-state index is 12.7. The van der Waals surface area contributed by atoms with Crippen LogP contribution in [0.5, 0.6) is 0 Å². The number of nitrogens with zero attached hydrogens (tertiary/aromatic N) is 1. The summed E-state index contributed by atoms with van der Waals surface area (Å²) in [5, 5.41) is 3.38. The molecule has 1 aromatic heterocycles. The molecule has 0 saturated heterocycles. The second kappa shape index (κ2) is 6.96. The number of hydrogen-bond donors (Lipinski definition) is 1. The summed E-state index contributed by atoms with van der Waals surface area (Å²) in [4.78, 5) is 4.41. The quantitative estimate of drug-likeness (QED) is 0.612. The maximum absolute atomic E-state index is 12.7. The second-order valence-corrected chi connectivity index (χ2v) is 9.00. The second-order valence-electron chi connectivity index (χ2n) is 5.47. The number of halogens is 2. The Bertz CT molecular complexity index is 1050. The molecule has 0 aliphatic rings. The molecule has 0 spiro atoms. The fraction of sp³-hybridized carbons (Fsp3) is 0.118. The number of benzene rings is 2. The fourth-order valence-corrected chi connectivity index (χ4v) is 4.79. The third-order valence-electron chi connectivity index (χ3n) is 3.53. The Labute approximate surface area is 160 Å². The van der Waals surface area contributed by atoms with E-state index >= 15 is 0 Å². The van der Waals surface area contributed by atoms with Gasteiger partial charge >= 0.3 is 0 Å². The first-order chi connectivity index (χ1) is 11.8. The fourth-order valence-electron chi connectivity index (χ4n) is 2.28. The van der Waals surface area contributed by atoms with Crippen LogP contribution in [0, 0.1) is 13.8 Å². The van der Waals surface area contributed by atoms with Gasteiger partial charge < -0.3 is 0 Å². The Morgan fingerprint density at radius 2 is 1.84 bits per heavy atom. The third-order valence-corrected chi connectivity index (χ3v) is 6.56. The number of thiazole rings is 1. The van der Waals surface area contributed by atoms with Crippen LogP contribution in [0.2, 0.25) is 10.0 Å². The van der Waals surface area contributed by atoms with Crippen molar-refractivity contribution in [3.63, 3.8) is 0 Å². The van der Waals surface area contributed by atoms with Crippen molar-refractivity contribution in [3.8, 4) is 11.3 Å². The van der Waals surface area contributed by atoms with Crippen LogP contribution < -0.4 is 4.72 Å². The Morgan fingerprint density at radius 3 is 2.52 bits per heavy atom. The van der Waals surface area contributed by atoms with E-state index in [2.05, 4.69) is 9.71 Å². The molecule has 0 bridgehead atoms. The molecule has 3 aromatic rings. The van der Waals surface area contributed by atoms with Crippen LogP contribution >= 0.6 is 34.5 Å². The van der Waals surface area contributed by atoms with Crippen LogP contribution in [0.4, 0.5) is 5.69 Å². The molecule has 0 atom stereocenters. The number of aromatic nitrogens is 1. The Kier molecular flexibility index (Phi) is 5.06. The molecule has 2 aromatic carbocycles. The zero-order chi connectivity index (χ0) is 18.2. The minimum Gasteiger partial charge on any atom is -0.280 e. The van der Waals surface area contributed by atoms with Crippen molar-refractivity contribution in [1.82, 2.24) is 4.98 Å². The third kappa shape index (κ3) is 3.98. The average molecular weight is 413 g/mol. The van der Waals surface area contributed by atoms with Gasteiger partial charge in [-0.3, -0.25) is 4.72 Å². The molecule has 1 N–H and O–H groups in total. The van der Waals surface area contributed by atoms with Crippen molar-refractivity contribution in [2.45, 2.75) is 18.7 Å². The van der Waals surface area contributed by atoms with Crippen LogP contribution in [-0.4, -0.2) is 13.4 Å². The van der Waals surface area contributed by atoms with E-state index in [0.717, 1.165) is 16.3 Å². The summed E-state index contributed by atoms with van der Waals surface area (Å²) in [5.74, 6) is 0. The number of hydrogen-bond acceptors (Lipinski definition) is 4. The molecule has 0 unspecified atom stereocenters. The smallest absolute Gasteiger partial charge is 0.263 e. The van der Waals surface area contributed by atoms with Crippen molar-refractivity contribution < 1.29 is 8.42 Å². The molecule has 0 amide bonds. The Balaban J connectivity index is 1.95. The van der Waals surface area contributed by atoms with Crippen LogP contribution in [0.15, 0.2) is 46.7 Å². The van der Waals surface area contributed by atoms with E-state index < -0.39 is 10.0 Å². The van der Waals surface area contributed by atoms with Crippen LogP contribution in [-0.2, 0) is 10.0 Å². The van der Waals surface area contributed by atoms with E-state index in [1.54, 1.807) is 36.5 Å². The normalized spacial score (nSPS) is 11.5. The summed E-state index contributed by atoms with van der Waals surface area (Å²) >= 11 is 13.6. The molecule has 0 fully saturated rings. The van der Waals surface area contributed by atoms with Gasteiger partial charge in [-0.05, 0) is 43.7 Å². The Hall–Kier alpha value is -1.60. The van der Waals surface area contributed by atoms with Gasteiger partial charge in [0.25, 0.3) is 10.0 Å². The summed E-state index contributed by atoms with van der Waals surface area (Å²) in [6.07, 6.45) is 0. The standard InChI is InChI=1S/C17H14Cl2N2O2S2/c1-10-6-17(15(19)8-14(10)18)25(22,23)21-13-5-3-4-12(7-13)16-9-24-11(2)20-16/h3-9,21H,1-2H3. The highest BCUT2D eigenvalue weighted by Crippen LogP contribution is 2.30. The molecule has 1 heterocycles. The van der Waals surface area contributed by atoms with Gasteiger partial charge in [0, 0.05) is 21.7 Å². The number of sulfonamides is 1. The van der Waals surface area contributed by atoms with Crippen molar-refractivity contribution >= 4 is 50.2 Å². The maximum Gasteiger partial charge on any atom is 0.263 e. The molecule has 8 heteroatoms. The highest BCUT2D eigenvalue weighted by atomic mass is 35.5. The molecule has 4 nitrogen and oxygen atoms in total. The van der Waals surface area contributed by atoms with E-state index in [4.69, 9.17) is 23.2 Å². The summed E-state index contributed by atoms with van der Waals surface area (Å²) in [7, 11) is -3.84. The van der Waals surface area contributed by atoms with Gasteiger partial charge in [0.1, 0.15) is 4.90 Å². The van der Waals surface area contributed by atoms with Gasteiger partial charge in [0.05, 0.1) is 15.7 Å². The minimum atomic E-state index is -3.84. The number of nitrogens with one attached hydrogen (secondary N) is 1. The highest BCUT2D eigenvalue weighted by molar-refractivity contribution is 7.92. The summed E-state index contributed by atoms with van der Waals surface area (Å²) in [6, 6.07) is 9.96. The lowest BCUT2D eigenvalue weighted by Gasteiger charge is -2.12. The van der Waals surface area contributed by atoms with Gasteiger partial charge in [-0.2, -0.15) is 0 Å². The lowest BCUT2D eigenvalue weighted by atomic mass is 10.1. The Morgan fingerprint density at radius 1 is 1.08 bits per heavy atom. The van der Waals surface area contributed by atoms with Crippen molar-refractivity contribution in [1.29, 1.82) is 0 Å². The van der Waals surface area contributed by atoms with E-state index in [1.165, 1.54) is 12.1 Å². The average Bonchev–Trinajstić information content (AvgIpc) is 2.97. The first kappa shape index (κ1) is 18.2. The first-order valence-electron chi connectivity index (χ1n) is 7.27. The van der Waals surface area contributed by atoms with Crippen molar-refractivity contribution in [2.75, 3.05) is 4.72 Å². The molecule has 3 rings (SSSR count). The predicted octanol–water partition coefficient (Wildman–Crippen LogP) is 5.53. The van der Waals surface area contributed by atoms with Gasteiger partial charge in [-0.15, -0.1) is 11.3 Å². The topological polar surface area (TPSA) is 59.1 Å². The molecule has 25 heavy (non-hydrogen) atoms. The zero-order valence-corrected chi connectivity index (χ0v) is 16.5. The van der Waals surface area contributed by atoms with E-state index in [-0.39, 0.29) is 9.92 Å². The summed E-state index contributed by atoms with van der Waals surface area (Å²) < 4.78 is 27.9. The molecule has 130 valence electrons. The molecule has 0 radical (unpaired) electrons. The minimum absolute atomic E-state index is 0.00836. The number of rotatable bonds is 4. The van der Waals surface area contributed by atoms with Gasteiger partial charge in [-0.1, -0.05) is 35.3 Å². The molecule has 0 aliphatic heterocycles. The van der Waals surface area contributed by atoms with Gasteiger partial charge in [-0.25, -0.2) is 13.4 Å². The molecule has 0 saturated carbocycles. The van der Waals surface area contributed by atoms with Crippen molar-refractivity contribution in [2.24, 2.45) is 0 Å². The lowest BCUT2D eigenvalue weighted by molar-refractivity contribution is 0.601. The monoisotopic (exact) mass is 412 g/mol. The SMILES string of the molecule is Cc1nc(-c2cccc(NS(=O)(=O)c3cc(C)c(Cl)cc3Cl)c2)cs1. The molecular formula is C17H14Cl2N2O2S2.